The number of aliphatic carboxylic acids is 3. The van der Waals surface area contributed by atoms with E-state index in [1.165, 1.54) is 0 Å². The quantitative estimate of drug-likeness (QED) is 0.287. The molecule has 0 fully saturated rings. The van der Waals surface area contributed by atoms with Crippen molar-refractivity contribution in [2.45, 2.75) is 20.8 Å². The van der Waals surface area contributed by atoms with Crippen LogP contribution in [0.3, 0.4) is 0 Å². The van der Waals surface area contributed by atoms with Crippen LogP contribution >= 0.6 is 37.9 Å². The van der Waals surface area contributed by atoms with E-state index < -0.39 is 35.7 Å². The molecule has 0 bridgehead atoms. The zero-order valence-corrected chi connectivity index (χ0v) is 17.8. The summed E-state index contributed by atoms with van der Waals surface area (Å²) in [5, 5.41) is 29.3. The van der Waals surface area contributed by atoms with Gasteiger partial charge in [0, 0.05) is 35.7 Å². The van der Waals surface area contributed by atoms with Gasteiger partial charge < -0.3 is 29.7 Å². The SMILES string of the molecule is CC(CS)C(=O)[O-].CC(CS)C(=O)[O-].CC(CS)C(=O)[O-].[Sb+3]. The molecule has 0 heterocycles. The number of hydrogen-bond donors (Lipinski definition) is 3. The summed E-state index contributed by atoms with van der Waals surface area (Å²) in [5.74, 6) is -3.33. The first-order valence-electron chi connectivity index (χ1n) is 6.00. The van der Waals surface area contributed by atoms with Gasteiger partial charge in [-0.2, -0.15) is 37.9 Å². The van der Waals surface area contributed by atoms with Gasteiger partial charge in [-0.25, -0.2) is 0 Å². The molecule has 0 aromatic carbocycles. The van der Waals surface area contributed by atoms with Crippen LogP contribution in [0.25, 0.3) is 0 Å². The van der Waals surface area contributed by atoms with Crippen molar-refractivity contribution in [2.75, 3.05) is 17.3 Å². The predicted molar refractivity (Wildman–Crippen MR) is 89.8 cm³/mol. The van der Waals surface area contributed by atoms with Crippen LogP contribution in [0.4, 0.5) is 0 Å². The van der Waals surface area contributed by atoms with E-state index in [2.05, 4.69) is 37.9 Å². The number of thiol groups is 3. The Morgan fingerprint density at radius 2 is 0.818 bits per heavy atom. The zero-order valence-electron chi connectivity index (χ0n) is 12.6. The Morgan fingerprint density at radius 3 is 0.818 bits per heavy atom. The summed E-state index contributed by atoms with van der Waals surface area (Å²) in [6, 6.07) is 0. The Kier molecular flexibility index (Phi) is 26.5. The van der Waals surface area contributed by atoms with E-state index in [-0.39, 0.29) is 24.4 Å². The zero-order chi connectivity index (χ0) is 17.6. The molecule has 0 N–H and O–H groups in total. The molecule has 128 valence electrons. The Balaban J connectivity index is -0.000000108. The second kappa shape index (κ2) is 19.3. The molecule has 0 saturated carbocycles. The molecule has 0 aromatic rings. The molecule has 10 heteroatoms. The normalized spacial score (nSPS) is 12.8. The van der Waals surface area contributed by atoms with Crippen LogP contribution in [-0.2, 0) is 14.4 Å². The van der Waals surface area contributed by atoms with Gasteiger partial charge in [0.15, 0.2) is 0 Å². The van der Waals surface area contributed by atoms with Crippen molar-refractivity contribution in [3.05, 3.63) is 0 Å². The molecule has 0 aliphatic heterocycles. The third kappa shape index (κ3) is 22.6. The average molecular weight is 479 g/mol. The van der Waals surface area contributed by atoms with E-state index >= 15 is 0 Å². The van der Waals surface area contributed by atoms with Crippen molar-refractivity contribution in [1.82, 2.24) is 0 Å². The second-order valence-corrected chi connectivity index (χ2v) is 5.30. The molecule has 2 radical (unpaired) electrons. The van der Waals surface area contributed by atoms with E-state index in [9.17, 15) is 29.7 Å². The van der Waals surface area contributed by atoms with E-state index in [1.54, 1.807) is 20.8 Å². The van der Waals surface area contributed by atoms with Gasteiger partial charge in [0.2, 0.25) is 0 Å². The van der Waals surface area contributed by atoms with E-state index in [0.717, 1.165) is 0 Å². The van der Waals surface area contributed by atoms with Crippen molar-refractivity contribution in [3.63, 3.8) is 0 Å². The van der Waals surface area contributed by atoms with Crippen molar-refractivity contribution in [2.24, 2.45) is 17.8 Å². The second-order valence-electron chi connectivity index (χ2n) is 4.21. The largest absolute Gasteiger partial charge is 3.00 e. The summed E-state index contributed by atoms with van der Waals surface area (Å²) in [7, 11) is 0. The maximum Gasteiger partial charge on any atom is 3.00 e. The fourth-order valence-corrected chi connectivity index (χ4v) is 0.671. The maximum atomic E-state index is 9.77. The molecule has 0 amide bonds. The Hall–Kier alpha value is 0.278. The number of carbonyl (C=O) groups excluding carboxylic acids is 3. The topological polar surface area (TPSA) is 120 Å². The smallest absolute Gasteiger partial charge is 0.550 e. The van der Waals surface area contributed by atoms with Gasteiger partial charge in [0.25, 0.3) is 0 Å². The molecule has 0 aromatic heterocycles. The summed E-state index contributed by atoms with van der Waals surface area (Å²) < 4.78 is 0. The van der Waals surface area contributed by atoms with Crippen LogP contribution in [0.15, 0.2) is 0 Å². The van der Waals surface area contributed by atoms with Gasteiger partial charge in [-0.05, 0) is 17.3 Å². The van der Waals surface area contributed by atoms with Crippen molar-refractivity contribution in [3.8, 4) is 0 Å². The molecule has 0 aliphatic rings. The van der Waals surface area contributed by atoms with E-state index in [1.807, 2.05) is 0 Å². The number of rotatable bonds is 6. The van der Waals surface area contributed by atoms with Crippen molar-refractivity contribution < 1.29 is 29.7 Å². The van der Waals surface area contributed by atoms with Crippen LogP contribution in [0.2, 0.25) is 0 Å². The summed E-state index contributed by atoms with van der Waals surface area (Å²) in [4.78, 5) is 29.3. The molecule has 3 unspecified atom stereocenters. The minimum atomic E-state index is -1.03. The standard InChI is InChI=1S/3C4H8O2S.Sb/c3*1-3(2-7)4(5)6;/h3*3,7H,2H2,1H3,(H,5,6);/q;;;+3/p-3. The molecule has 0 rings (SSSR count). The monoisotopic (exact) mass is 478 g/mol. The molecule has 0 aliphatic carbocycles. The minimum absolute atomic E-state index is 0. The summed E-state index contributed by atoms with van der Waals surface area (Å²) in [6.07, 6.45) is 0. The minimum Gasteiger partial charge on any atom is -0.550 e. The van der Waals surface area contributed by atoms with Crippen molar-refractivity contribution >= 4 is 80.2 Å². The number of carboxylic acid groups (broad SMARTS) is 3. The van der Waals surface area contributed by atoms with Crippen LogP contribution in [0, 0.1) is 17.8 Å². The van der Waals surface area contributed by atoms with Crippen LogP contribution in [0.5, 0.6) is 0 Å². The number of carbonyl (C=O) groups is 3. The van der Waals surface area contributed by atoms with Gasteiger partial charge in [-0.3, -0.25) is 0 Å². The van der Waals surface area contributed by atoms with E-state index in [4.69, 9.17) is 0 Å². The van der Waals surface area contributed by atoms with Crippen LogP contribution in [0.1, 0.15) is 20.8 Å². The Labute approximate surface area is 165 Å². The average Bonchev–Trinajstić information content (AvgIpc) is 2.45. The van der Waals surface area contributed by atoms with Gasteiger partial charge in [-0.15, -0.1) is 0 Å². The summed E-state index contributed by atoms with van der Waals surface area (Å²) in [6.45, 7) is 4.67. The molecular formula is C12H21O6S3Sb. The summed E-state index contributed by atoms with van der Waals surface area (Å²) in [5.41, 5.74) is 0. The Morgan fingerprint density at radius 1 is 0.682 bits per heavy atom. The molecule has 6 nitrogen and oxygen atoms in total. The number of hydrogen-bond acceptors (Lipinski definition) is 9. The van der Waals surface area contributed by atoms with Gasteiger partial charge >= 0.3 is 24.4 Å². The first kappa shape index (κ1) is 30.2. The Bertz CT molecular complexity index is 270. The fraction of sp³-hybridized carbons (Fsp3) is 0.750. The maximum absolute atomic E-state index is 9.77. The third-order valence-corrected chi connectivity index (χ3v) is 3.67. The molecule has 0 saturated heterocycles. The first-order chi connectivity index (χ1) is 9.54. The third-order valence-electron chi connectivity index (χ3n) is 2.03. The molecular weight excluding hydrogens is 458 g/mol. The number of carboxylic acids is 3. The van der Waals surface area contributed by atoms with Crippen molar-refractivity contribution in [1.29, 1.82) is 0 Å². The van der Waals surface area contributed by atoms with Gasteiger partial charge in [0.05, 0.1) is 0 Å². The fourth-order valence-electron chi connectivity index (χ4n) is 0.224. The van der Waals surface area contributed by atoms with Gasteiger partial charge in [0.1, 0.15) is 0 Å². The molecule has 3 atom stereocenters. The van der Waals surface area contributed by atoms with E-state index in [0.29, 0.717) is 17.3 Å². The summed E-state index contributed by atoms with van der Waals surface area (Å²) >= 11 is 11.2. The molecule has 22 heavy (non-hydrogen) atoms. The van der Waals surface area contributed by atoms with Gasteiger partial charge in [-0.1, -0.05) is 20.8 Å². The molecule has 0 spiro atoms. The van der Waals surface area contributed by atoms with Crippen LogP contribution in [-0.4, -0.2) is 59.6 Å². The first-order valence-corrected chi connectivity index (χ1v) is 7.89. The predicted octanol–water partition coefficient (Wildman–Crippen LogP) is -2.47. The van der Waals surface area contributed by atoms with Crippen LogP contribution < -0.4 is 15.3 Å².